The molecule has 4 aromatic carbocycles. The maximum Gasteiger partial charge on any atom is 0.152 e. The molecule has 360 valence electrons. The van der Waals surface area contributed by atoms with Gasteiger partial charge in [-0.3, -0.25) is 0 Å². The van der Waals surface area contributed by atoms with Crippen molar-refractivity contribution in [3.8, 4) is 23.0 Å². The summed E-state index contributed by atoms with van der Waals surface area (Å²) in [5.41, 5.74) is 3.46. The average Bonchev–Trinajstić information content (AvgIpc) is 3.06. The van der Waals surface area contributed by atoms with E-state index in [1.165, 1.54) is 0 Å². The third-order valence-corrected chi connectivity index (χ3v) is 12.1. The quantitative estimate of drug-likeness (QED) is 0.133. The van der Waals surface area contributed by atoms with Gasteiger partial charge in [-0.1, -0.05) is 107 Å². The van der Waals surface area contributed by atoms with Crippen LogP contribution in [0, 0.1) is 0 Å². The van der Waals surface area contributed by atoms with Gasteiger partial charge >= 0.3 is 0 Å². The maximum atomic E-state index is 10.1. The monoisotopic (exact) mass is 1150 g/mol. The van der Waals surface area contributed by atoms with E-state index in [1.54, 1.807) is 47.0 Å². The van der Waals surface area contributed by atoms with E-state index in [9.17, 15) is 20.4 Å². The zero-order valence-electron chi connectivity index (χ0n) is 41.9. The van der Waals surface area contributed by atoms with Crippen LogP contribution in [0.5, 0.6) is 23.0 Å². The Labute approximate surface area is 456 Å². The Bertz CT molecular complexity index is 1670. The number of hydrogen-bond acceptors (Lipinski definition) is 12. The van der Waals surface area contributed by atoms with Gasteiger partial charge in [-0.2, -0.15) is 0 Å². The van der Waals surface area contributed by atoms with Crippen LogP contribution in [0.1, 0.15) is 83.1 Å². The Morgan fingerprint density at radius 2 is 0.453 bits per heavy atom. The van der Waals surface area contributed by atoms with Crippen molar-refractivity contribution < 1.29 is 97.6 Å². The summed E-state index contributed by atoms with van der Waals surface area (Å²) in [5.74, 6) is 1.51. The number of nitrogens with zero attached hydrogens (tertiary/aromatic N) is 4. The Kier molecular flexibility index (Phi) is 33.2. The number of benzene rings is 4. The Hall–Kier alpha value is -0.974. The molecule has 0 spiro atoms. The van der Waals surface area contributed by atoms with Crippen molar-refractivity contribution in [2.24, 2.45) is 0 Å². The van der Waals surface area contributed by atoms with Gasteiger partial charge in [0.2, 0.25) is 0 Å². The summed E-state index contributed by atoms with van der Waals surface area (Å²) in [6.45, 7) is 25.7. The SMILES string of the molecule is CN(C)c1cccc(SC(C)(C)C)c1O.CN(C)c1cccc(SC(C)(C)C)c1O.CN(C)c1cccc(SC(C)(C)C)c1O.CN(C)c1cccc(SC(C)(C)C)c1O.[Cl-].[Cl-].[Zr].[Zr]. The van der Waals surface area contributed by atoms with Gasteiger partial charge in [0.05, 0.1) is 42.3 Å². The molecule has 0 fully saturated rings. The first-order valence-corrected chi connectivity index (χ1v) is 23.2. The Morgan fingerprint density at radius 1 is 0.312 bits per heavy atom. The molecule has 16 heteroatoms. The van der Waals surface area contributed by atoms with Crippen molar-refractivity contribution in [2.45, 2.75) is 122 Å². The number of hydrogen-bond donors (Lipinski definition) is 4. The number of aromatic hydroxyl groups is 4. The van der Waals surface area contributed by atoms with Crippen molar-refractivity contribution in [3.63, 3.8) is 0 Å². The van der Waals surface area contributed by atoms with Crippen molar-refractivity contribution in [1.29, 1.82) is 0 Å². The molecular weight excluding hydrogens is 1080 g/mol. The van der Waals surface area contributed by atoms with Gasteiger partial charge in [0.15, 0.2) is 23.0 Å². The van der Waals surface area contributed by atoms with Gasteiger partial charge in [0, 0.05) is 128 Å². The fourth-order valence-electron chi connectivity index (χ4n) is 5.14. The van der Waals surface area contributed by atoms with E-state index >= 15 is 0 Å². The number of phenolic OH excluding ortho intramolecular Hbond substituents is 4. The summed E-state index contributed by atoms with van der Waals surface area (Å²) in [5, 5.41) is 40.2. The zero-order chi connectivity index (χ0) is 46.6. The van der Waals surface area contributed by atoms with Gasteiger partial charge in [-0.15, -0.1) is 47.0 Å². The minimum Gasteiger partial charge on any atom is -1.00 e. The number of thioether (sulfide) groups is 4. The molecule has 0 saturated carbocycles. The molecule has 0 bridgehead atoms. The van der Waals surface area contributed by atoms with Gasteiger partial charge in [0.25, 0.3) is 0 Å². The molecule has 0 aromatic heterocycles. The number of phenols is 4. The van der Waals surface area contributed by atoms with Crippen LogP contribution in [0.3, 0.4) is 0 Å². The van der Waals surface area contributed by atoms with Crippen molar-refractivity contribution >= 4 is 69.8 Å². The minimum absolute atomic E-state index is 0. The topological polar surface area (TPSA) is 93.9 Å². The van der Waals surface area contributed by atoms with Gasteiger partial charge < -0.3 is 64.8 Å². The second-order valence-corrected chi connectivity index (χ2v) is 26.4. The molecule has 0 aliphatic rings. The first-order chi connectivity index (χ1) is 27.2. The van der Waals surface area contributed by atoms with E-state index in [0.717, 1.165) is 42.3 Å². The van der Waals surface area contributed by atoms with Crippen LogP contribution in [0.4, 0.5) is 22.7 Å². The number of halogens is 2. The van der Waals surface area contributed by atoms with Crippen molar-refractivity contribution in [1.82, 2.24) is 0 Å². The number of para-hydroxylation sites is 4. The average molecular weight is 1150 g/mol. The molecule has 0 aliphatic heterocycles. The van der Waals surface area contributed by atoms with Gasteiger partial charge in [-0.05, 0) is 48.5 Å². The van der Waals surface area contributed by atoms with Gasteiger partial charge in [-0.25, -0.2) is 0 Å². The molecule has 0 saturated heterocycles. The van der Waals surface area contributed by atoms with Crippen LogP contribution < -0.4 is 44.4 Å². The van der Waals surface area contributed by atoms with Crippen LogP contribution in [-0.4, -0.2) is 95.8 Å². The van der Waals surface area contributed by atoms with Crippen LogP contribution in [0.15, 0.2) is 92.4 Å². The molecule has 0 heterocycles. The molecule has 4 aromatic rings. The third-order valence-electron chi connectivity index (χ3n) is 7.50. The van der Waals surface area contributed by atoms with Gasteiger partial charge in [0.1, 0.15) is 0 Å². The number of rotatable bonds is 8. The van der Waals surface area contributed by atoms with E-state index in [-0.39, 0.29) is 96.2 Å². The maximum absolute atomic E-state index is 10.1. The third kappa shape index (κ3) is 26.5. The molecule has 0 amide bonds. The summed E-state index contributed by atoms with van der Waals surface area (Å²) in [7, 11) is 15.4. The summed E-state index contributed by atoms with van der Waals surface area (Å²) < 4.78 is 0.454. The summed E-state index contributed by atoms with van der Waals surface area (Å²) in [6, 6.07) is 23.4. The summed E-state index contributed by atoms with van der Waals surface area (Å²) in [6.07, 6.45) is 0. The van der Waals surface area contributed by atoms with Crippen molar-refractivity contribution in [3.05, 3.63) is 72.8 Å². The zero-order valence-corrected chi connectivity index (χ0v) is 51.6. The van der Waals surface area contributed by atoms with E-state index < -0.39 is 0 Å². The van der Waals surface area contributed by atoms with Crippen LogP contribution in [0.2, 0.25) is 0 Å². The molecule has 8 nitrogen and oxygen atoms in total. The summed E-state index contributed by atoms with van der Waals surface area (Å²) >= 11 is 6.73. The first-order valence-electron chi connectivity index (χ1n) is 20.0. The predicted octanol–water partition coefficient (Wildman–Crippen LogP) is 7.40. The van der Waals surface area contributed by atoms with Crippen LogP contribution >= 0.6 is 47.0 Å². The molecule has 4 N–H and O–H groups in total. The van der Waals surface area contributed by atoms with E-state index in [2.05, 4.69) is 83.1 Å². The molecule has 4 rings (SSSR count). The van der Waals surface area contributed by atoms with E-state index in [1.807, 2.05) is 149 Å². The van der Waals surface area contributed by atoms with E-state index in [4.69, 9.17) is 0 Å². The first kappa shape index (κ1) is 69.6. The molecule has 0 atom stereocenters. The van der Waals surface area contributed by atoms with Crippen LogP contribution in [0.25, 0.3) is 0 Å². The van der Waals surface area contributed by atoms with Crippen molar-refractivity contribution in [2.75, 3.05) is 76.0 Å². The molecule has 0 unspecified atom stereocenters. The van der Waals surface area contributed by atoms with E-state index in [0.29, 0.717) is 23.0 Å². The smallest absolute Gasteiger partial charge is 0.152 e. The Balaban J connectivity index is -0.000000367. The molecule has 64 heavy (non-hydrogen) atoms. The standard InChI is InChI=1S/4C12H19NOS.2ClH.2Zr/c4*1-12(2,3)15-10-8-6-7-9(11(10)14)13(4)5;;;;/h4*6-8,14H,1-5H3;2*1H;;/p-2. The normalized spacial score (nSPS) is 10.8. The fraction of sp³-hybridized carbons (Fsp3) is 0.500. The number of anilines is 4. The predicted molar refractivity (Wildman–Crippen MR) is 272 cm³/mol. The Morgan fingerprint density at radius 3 is 0.562 bits per heavy atom. The fourth-order valence-corrected chi connectivity index (χ4v) is 9.17. The largest absolute Gasteiger partial charge is 1.00 e. The molecule has 0 aliphatic carbocycles. The molecular formula is C48H76Cl2N4O4S4Zr2-2. The van der Waals surface area contributed by atoms with Crippen LogP contribution in [-0.2, 0) is 52.4 Å². The second kappa shape index (κ2) is 30.5. The minimum atomic E-state index is 0. The second-order valence-electron chi connectivity index (χ2n) is 18.9. The molecule has 0 radical (unpaired) electrons. The summed E-state index contributed by atoms with van der Waals surface area (Å²) in [4.78, 5) is 11.4.